The Labute approximate surface area is 170 Å². The molecule has 11 heteroatoms. The van der Waals surface area contributed by atoms with E-state index in [1.165, 1.54) is 4.90 Å². The number of nitrogens with two attached hydrogens (primary N) is 2. The quantitative estimate of drug-likeness (QED) is 0.276. The number of nitrogen functional groups attached to an aromatic ring is 1. The third-order valence-electron chi connectivity index (χ3n) is 4.79. The van der Waals surface area contributed by atoms with Crippen LogP contribution in [0.2, 0.25) is 0 Å². The fourth-order valence-electron chi connectivity index (χ4n) is 3.24. The number of hydrogen-bond acceptors (Lipinski definition) is 5. The van der Waals surface area contributed by atoms with Gasteiger partial charge in [-0.05, 0) is 24.3 Å². The molecule has 10 nitrogen and oxygen atoms in total. The molecule has 2 amide bonds. The molecular weight excluding hydrogens is 396 g/mol. The molecule has 7 N–H and O–H groups in total. The van der Waals surface area contributed by atoms with E-state index in [9.17, 15) is 18.0 Å². The fraction of sp³-hybridized carbons (Fsp3) is 0.500. The highest BCUT2D eigenvalue weighted by Crippen LogP contribution is 2.21. The molecule has 29 heavy (non-hydrogen) atoms. The monoisotopic (exact) mass is 424 g/mol. The first-order valence-corrected chi connectivity index (χ1v) is 10.9. The number of likely N-dealkylation sites (tertiary alicyclic amines) is 1. The van der Waals surface area contributed by atoms with Gasteiger partial charge in [-0.2, -0.15) is 13.1 Å². The molecule has 2 atom stereocenters. The van der Waals surface area contributed by atoms with Crippen molar-refractivity contribution in [3.05, 3.63) is 35.4 Å². The van der Waals surface area contributed by atoms with Crippen LogP contribution in [0, 0.1) is 11.3 Å². The van der Waals surface area contributed by atoms with Gasteiger partial charge in [0.15, 0.2) is 0 Å². The van der Waals surface area contributed by atoms with E-state index in [4.69, 9.17) is 16.3 Å². The summed E-state index contributed by atoms with van der Waals surface area (Å²) in [7, 11) is -4.06. The number of amidine groups is 1. The van der Waals surface area contributed by atoms with Gasteiger partial charge in [-0.3, -0.25) is 15.0 Å². The molecule has 0 spiro atoms. The number of carbonyl (C=O) groups is 2. The predicted octanol–water partition coefficient (Wildman–Crippen LogP) is -0.604. The summed E-state index contributed by atoms with van der Waals surface area (Å²) in [5, 5.41) is 15.2. The molecular formula is C18H28N6O4S. The second kappa shape index (κ2) is 9.33. The molecule has 0 bridgehead atoms. The Kier molecular flexibility index (Phi) is 7.33. The van der Waals surface area contributed by atoms with Gasteiger partial charge in [0.05, 0.1) is 0 Å². The van der Waals surface area contributed by atoms with Crippen molar-refractivity contribution in [3.63, 3.8) is 0 Å². The van der Waals surface area contributed by atoms with Gasteiger partial charge in [-0.15, -0.1) is 0 Å². The summed E-state index contributed by atoms with van der Waals surface area (Å²) >= 11 is 0. The van der Waals surface area contributed by atoms with Crippen molar-refractivity contribution in [2.45, 2.75) is 45.3 Å². The van der Waals surface area contributed by atoms with Crippen molar-refractivity contribution in [1.82, 2.24) is 14.9 Å². The maximum absolute atomic E-state index is 12.9. The lowest BCUT2D eigenvalue weighted by molar-refractivity contribution is -0.140. The molecule has 0 unspecified atom stereocenters. The van der Waals surface area contributed by atoms with Crippen molar-refractivity contribution < 1.29 is 18.0 Å². The zero-order chi connectivity index (χ0) is 21.8. The summed E-state index contributed by atoms with van der Waals surface area (Å²) in [5.74, 6) is -1.12. The van der Waals surface area contributed by atoms with Gasteiger partial charge in [0.1, 0.15) is 17.9 Å². The van der Waals surface area contributed by atoms with Gasteiger partial charge < -0.3 is 16.0 Å². The van der Waals surface area contributed by atoms with E-state index in [1.54, 1.807) is 38.1 Å². The Balaban J connectivity index is 2.03. The van der Waals surface area contributed by atoms with Crippen LogP contribution in [0.1, 0.15) is 37.8 Å². The highest BCUT2D eigenvalue weighted by atomic mass is 32.2. The summed E-state index contributed by atoms with van der Waals surface area (Å²) in [6.45, 7) is 4.05. The number of hydrogen-bond donors (Lipinski definition) is 5. The Morgan fingerprint density at radius 2 is 1.90 bits per heavy atom. The third-order valence-corrected chi connectivity index (χ3v) is 5.38. The molecule has 1 heterocycles. The van der Waals surface area contributed by atoms with Gasteiger partial charge in [0, 0.05) is 18.7 Å². The fourth-order valence-corrected chi connectivity index (χ4v) is 3.97. The molecule has 0 radical (unpaired) electrons. The molecule has 1 fully saturated rings. The molecule has 1 aliphatic heterocycles. The molecule has 2 rings (SSSR count). The Morgan fingerprint density at radius 3 is 2.41 bits per heavy atom. The van der Waals surface area contributed by atoms with Crippen LogP contribution in [0.3, 0.4) is 0 Å². The topological polar surface area (TPSA) is 171 Å². The van der Waals surface area contributed by atoms with Crippen LogP contribution in [0.5, 0.6) is 0 Å². The summed E-state index contributed by atoms with van der Waals surface area (Å²) in [5.41, 5.74) is 6.84. The van der Waals surface area contributed by atoms with Gasteiger partial charge in [-0.25, -0.2) is 5.14 Å². The van der Waals surface area contributed by atoms with Crippen LogP contribution in [0.4, 0.5) is 0 Å². The van der Waals surface area contributed by atoms with E-state index in [0.717, 1.165) is 5.56 Å². The van der Waals surface area contributed by atoms with Crippen molar-refractivity contribution >= 4 is 27.9 Å². The maximum Gasteiger partial charge on any atom is 0.275 e. The number of benzene rings is 1. The number of rotatable bonds is 8. The predicted molar refractivity (Wildman–Crippen MR) is 109 cm³/mol. The average Bonchev–Trinajstić information content (AvgIpc) is 3.13. The summed E-state index contributed by atoms with van der Waals surface area (Å²) in [6.07, 6.45) is 1.15. The van der Waals surface area contributed by atoms with E-state index in [0.29, 0.717) is 24.9 Å². The Hall–Kier alpha value is -2.50. The van der Waals surface area contributed by atoms with Crippen molar-refractivity contribution in [2.24, 2.45) is 16.8 Å². The molecule has 1 aliphatic rings. The van der Waals surface area contributed by atoms with Gasteiger partial charge in [0.2, 0.25) is 11.8 Å². The lowest BCUT2D eigenvalue weighted by Crippen LogP contribution is -2.56. The average molecular weight is 425 g/mol. The van der Waals surface area contributed by atoms with E-state index in [-0.39, 0.29) is 24.2 Å². The summed E-state index contributed by atoms with van der Waals surface area (Å²) in [4.78, 5) is 27.0. The minimum Gasteiger partial charge on any atom is -0.384 e. The van der Waals surface area contributed by atoms with Crippen molar-refractivity contribution in [3.8, 4) is 0 Å². The van der Waals surface area contributed by atoms with Crippen LogP contribution in [-0.4, -0.2) is 49.6 Å². The first-order valence-electron chi connectivity index (χ1n) is 9.31. The second-order valence-corrected chi connectivity index (χ2v) is 8.73. The number of nitrogens with one attached hydrogen (secondary N) is 3. The normalized spacial score (nSPS) is 17.9. The van der Waals surface area contributed by atoms with Gasteiger partial charge in [-0.1, -0.05) is 38.1 Å². The summed E-state index contributed by atoms with van der Waals surface area (Å²) in [6, 6.07) is 5.22. The third kappa shape index (κ3) is 6.24. The number of amides is 2. The molecule has 0 saturated carbocycles. The van der Waals surface area contributed by atoms with E-state index in [2.05, 4.69) is 10.0 Å². The highest BCUT2D eigenvalue weighted by Gasteiger charge is 2.38. The minimum atomic E-state index is -4.06. The van der Waals surface area contributed by atoms with Crippen LogP contribution < -0.4 is 20.9 Å². The van der Waals surface area contributed by atoms with Crippen molar-refractivity contribution in [1.29, 1.82) is 5.41 Å². The maximum atomic E-state index is 12.9. The van der Waals surface area contributed by atoms with Gasteiger partial charge in [0.25, 0.3) is 10.2 Å². The van der Waals surface area contributed by atoms with Crippen LogP contribution >= 0.6 is 0 Å². The van der Waals surface area contributed by atoms with E-state index >= 15 is 0 Å². The zero-order valence-corrected chi connectivity index (χ0v) is 17.3. The minimum absolute atomic E-state index is 0.0338. The zero-order valence-electron chi connectivity index (χ0n) is 16.5. The number of nitrogens with zero attached hydrogens (tertiary/aromatic N) is 1. The highest BCUT2D eigenvalue weighted by molar-refractivity contribution is 7.87. The van der Waals surface area contributed by atoms with Crippen molar-refractivity contribution in [2.75, 3.05) is 6.54 Å². The molecule has 1 saturated heterocycles. The SMILES string of the molecule is CC(C)[C@@H](NS(N)(=O)=O)C(=O)N1CCC[C@H]1C(=O)NCc1ccc(C(=N)N)cc1. The van der Waals surface area contributed by atoms with Crippen LogP contribution in [0.25, 0.3) is 0 Å². The second-order valence-electron chi connectivity index (χ2n) is 7.40. The molecule has 1 aromatic carbocycles. The first kappa shape index (κ1) is 22.8. The van der Waals surface area contributed by atoms with Crippen LogP contribution in [0.15, 0.2) is 24.3 Å². The van der Waals surface area contributed by atoms with E-state index < -0.39 is 28.2 Å². The molecule has 0 aliphatic carbocycles. The lowest BCUT2D eigenvalue weighted by atomic mass is 10.0. The molecule has 1 aromatic rings. The Bertz CT molecular complexity index is 869. The molecule has 0 aromatic heterocycles. The van der Waals surface area contributed by atoms with Gasteiger partial charge >= 0.3 is 0 Å². The summed E-state index contributed by atoms with van der Waals surface area (Å²) < 4.78 is 25.0. The smallest absolute Gasteiger partial charge is 0.275 e. The standard InChI is InChI=1S/C18H28N6O4S/c1-11(2)15(23-29(21,27)28)18(26)24-9-3-4-14(24)17(25)22-10-12-5-7-13(8-6-12)16(19)20/h5-8,11,14-15,23H,3-4,9-10H2,1-2H3,(H3,19,20)(H,22,25)(H2,21,27,28)/t14-,15+/m0/s1. The molecule has 160 valence electrons. The number of carbonyl (C=O) groups excluding carboxylic acids is 2. The van der Waals surface area contributed by atoms with Crippen LogP contribution in [-0.2, 0) is 26.3 Å². The van der Waals surface area contributed by atoms with E-state index in [1.807, 2.05) is 0 Å². The lowest BCUT2D eigenvalue weighted by Gasteiger charge is -2.30. The largest absolute Gasteiger partial charge is 0.384 e. The first-order chi connectivity index (χ1) is 13.5. The Morgan fingerprint density at radius 1 is 1.28 bits per heavy atom.